The standard InChI is InChI=1S/C23H23NO6/c25-17-12-10-15(11-13-17)20-19(21(28)16-7-3-1-4-8-16)22(29)23(30)24(20)14-6-2-5-9-18(26)27/h1,3-4,7-8,10-13,20,25,28H,2,5-6,9,14H2,(H,26,27)/t20-/m1/s1. The Bertz CT molecular complexity index is 965. The van der Waals surface area contributed by atoms with Crippen LogP contribution in [0, 0.1) is 0 Å². The molecule has 1 amide bonds. The maximum absolute atomic E-state index is 12.8. The molecule has 30 heavy (non-hydrogen) atoms. The van der Waals surface area contributed by atoms with E-state index in [-0.39, 0.29) is 30.0 Å². The van der Waals surface area contributed by atoms with Crippen LogP contribution in [0.25, 0.3) is 5.76 Å². The molecule has 1 fully saturated rings. The molecule has 0 aliphatic carbocycles. The monoisotopic (exact) mass is 409 g/mol. The zero-order chi connectivity index (χ0) is 21.7. The molecule has 0 spiro atoms. The summed E-state index contributed by atoms with van der Waals surface area (Å²) < 4.78 is 0. The van der Waals surface area contributed by atoms with E-state index in [1.165, 1.54) is 17.0 Å². The van der Waals surface area contributed by atoms with Gasteiger partial charge in [0, 0.05) is 18.5 Å². The van der Waals surface area contributed by atoms with Gasteiger partial charge in [-0.05, 0) is 30.5 Å². The van der Waals surface area contributed by atoms with Crippen molar-refractivity contribution in [3.63, 3.8) is 0 Å². The molecule has 0 unspecified atom stereocenters. The lowest BCUT2D eigenvalue weighted by Crippen LogP contribution is -2.30. The van der Waals surface area contributed by atoms with Gasteiger partial charge in [-0.2, -0.15) is 0 Å². The fraction of sp³-hybridized carbons (Fsp3) is 0.261. The lowest BCUT2D eigenvalue weighted by Gasteiger charge is -2.25. The van der Waals surface area contributed by atoms with Gasteiger partial charge in [-0.15, -0.1) is 0 Å². The Kier molecular flexibility index (Phi) is 6.51. The van der Waals surface area contributed by atoms with Crippen molar-refractivity contribution in [3.8, 4) is 5.75 Å². The van der Waals surface area contributed by atoms with Crippen LogP contribution >= 0.6 is 0 Å². The summed E-state index contributed by atoms with van der Waals surface area (Å²) >= 11 is 0. The van der Waals surface area contributed by atoms with Gasteiger partial charge in [-0.1, -0.05) is 48.9 Å². The molecule has 3 N–H and O–H groups in total. The number of rotatable bonds is 8. The van der Waals surface area contributed by atoms with Crippen molar-refractivity contribution in [2.75, 3.05) is 6.54 Å². The minimum Gasteiger partial charge on any atom is -0.508 e. The Balaban J connectivity index is 1.95. The third kappa shape index (κ3) is 4.51. The van der Waals surface area contributed by atoms with E-state index in [1.54, 1.807) is 42.5 Å². The van der Waals surface area contributed by atoms with Crippen molar-refractivity contribution in [2.45, 2.75) is 31.7 Å². The normalized spacial score (nSPS) is 18.0. The fourth-order valence-electron chi connectivity index (χ4n) is 3.60. The highest BCUT2D eigenvalue weighted by atomic mass is 16.4. The van der Waals surface area contributed by atoms with Crippen LogP contribution in [0.2, 0.25) is 0 Å². The summed E-state index contributed by atoms with van der Waals surface area (Å²) in [5.41, 5.74) is 1.03. The largest absolute Gasteiger partial charge is 0.508 e. The van der Waals surface area contributed by atoms with Crippen molar-refractivity contribution in [1.82, 2.24) is 4.90 Å². The van der Waals surface area contributed by atoms with Gasteiger partial charge < -0.3 is 20.2 Å². The van der Waals surface area contributed by atoms with Gasteiger partial charge in [0.15, 0.2) is 0 Å². The van der Waals surface area contributed by atoms with Gasteiger partial charge in [0.05, 0.1) is 11.6 Å². The van der Waals surface area contributed by atoms with Crippen LogP contribution in [0.15, 0.2) is 60.2 Å². The summed E-state index contributed by atoms with van der Waals surface area (Å²) in [6.07, 6.45) is 1.65. The number of Topliss-reactive ketones (excluding diaryl/α,β-unsaturated/α-hetero) is 1. The first-order chi connectivity index (χ1) is 14.4. The van der Waals surface area contributed by atoms with E-state index in [1.807, 2.05) is 0 Å². The Morgan fingerprint density at radius 3 is 2.20 bits per heavy atom. The van der Waals surface area contributed by atoms with Crippen molar-refractivity contribution in [3.05, 3.63) is 71.3 Å². The minimum absolute atomic E-state index is 0.00225. The molecule has 2 aromatic rings. The van der Waals surface area contributed by atoms with Crippen LogP contribution < -0.4 is 0 Å². The van der Waals surface area contributed by atoms with E-state index < -0.39 is 23.7 Å². The highest BCUT2D eigenvalue weighted by molar-refractivity contribution is 6.46. The number of carboxylic acids is 1. The molecule has 1 atom stereocenters. The highest BCUT2D eigenvalue weighted by Gasteiger charge is 2.45. The molecule has 1 saturated heterocycles. The fourth-order valence-corrected chi connectivity index (χ4v) is 3.60. The first kappa shape index (κ1) is 21.1. The number of carbonyl (C=O) groups excluding carboxylic acids is 2. The van der Waals surface area contributed by atoms with E-state index in [9.17, 15) is 24.6 Å². The third-order valence-electron chi connectivity index (χ3n) is 5.09. The molecule has 1 heterocycles. The quantitative estimate of drug-likeness (QED) is 0.266. The molecule has 1 aliphatic heterocycles. The summed E-state index contributed by atoms with van der Waals surface area (Å²) in [5.74, 6) is -2.54. The van der Waals surface area contributed by atoms with E-state index in [0.717, 1.165) is 0 Å². The van der Waals surface area contributed by atoms with Gasteiger partial charge in [-0.25, -0.2) is 0 Å². The number of nitrogens with zero attached hydrogens (tertiary/aromatic N) is 1. The van der Waals surface area contributed by atoms with E-state index in [2.05, 4.69) is 0 Å². The Morgan fingerprint density at radius 1 is 0.900 bits per heavy atom. The predicted molar refractivity (Wildman–Crippen MR) is 110 cm³/mol. The molecule has 3 rings (SSSR count). The van der Waals surface area contributed by atoms with Gasteiger partial charge in [0.25, 0.3) is 11.7 Å². The number of carbonyl (C=O) groups is 3. The topological polar surface area (TPSA) is 115 Å². The molecule has 0 saturated carbocycles. The van der Waals surface area contributed by atoms with Crippen molar-refractivity contribution in [1.29, 1.82) is 0 Å². The van der Waals surface area contributed by atoms with Crippen LogP contribution in [0.5, 0.6) is 5.75 Å². The SMILES string of the molecule is O=C(O)CCCCCN1C(=O)C(=O)C(=C(O)c2ccccc2)[C@H]1c1ccc(O)cc1. The maximum atomic E-state index is 12.8. The summed E-state index contributed by atoms with van der Waals surface area (Å²) in [7, 11) is 0. The van der Waals surface area contributed by atoms with Crippen LogP contribution in [-0.4, -0.2) is 44.4 Å². The molecular formula is C23H23NO6. The molecule has 1 aliphatic rings. The van der Waals surface area contributed by atoms with Gasteiger partial charge >= 0.3 is 5.97 Å². The number of aliphatic hydroxyl groups excluding tert-OH is 1. The van der Waals surface area contributed by atoms with Crippen molar-refractivity contribution < 1.29 is 29.7 Å². The number of aromatic hydroxyl groups is 1. The van der Waals surface area contributed by atoms with Crippen molar-refractivity contribution in [2.24, 2.45) is 0 Å². The van der Waals surface area contributed by atoms with Crippen LogP contribution in [0.1, 0.15) is 42.9 Å². The number of hydrogen-bond acceptors (Lipinski definition) is 5. The molecule has 0 radical (unpaired) electrons. The zero-order valence-corrected chi connectivity index (χ0v) is 16.3. The number of ketones is 1. The van der Waals surface area contributed by atoms with Crippen LogP contribution in [0.3, 0.4) is 0 Å². The van der Waals surface area contributed by atoms with Crippen molar-refractivity contribution >= 4 is 23.4 Å². The summed E-state index contributed by atoms with van der Waals surface area (Å²) in [6.45, 7) is 0.251. The number of carboxylic acid groups (broad SMARTS) is 1. The Morgan fingerprint density at radius 2 is 1.57 bits per heavy atom. The van der Waals surface area contributed by atoms with E-state index >= 15 is 0 Å². The number of unbranched alkanes of at least 4 members (excludes halogenated alkanes) is 2. The van der Waals surface area contributed by atoms with Gasteiger partial charge in [-0.3, -0.25) is 14.4 Å². The lowest BCUT2D eigenvalue weighted by atomic mass is 9.95. The first-order valence-corrected chi connectivity index (χ1v) is 9.74. The lowest BCUT2D eigenvalue weighted by molar-refractivity contribution is -0.140. The Labute approximate surface area is 173 Å². The number of phenols is 1. The summed E-state index contributed by atoms with van der Waals surface area (Å²) in [5, 5.41) is 29.2. The molecule has 7 heteroatoms. The Hall–Kier alpha value is -3.61. The average Bonchev–Trinajstić information content (AvgIpc) is 2.99. The maximum Gasteiger partial charge on any atom is 0.303 e. The number of likely N-dealkylation sites (tertiary alicyclic amines) is 1. The second kappa shape index (κ2) is 9.26. The molecule has 7 nitrogen and oxygen atoms in total. The van der Waals surface area contributed by atoms with Crippen LogP contribution in [-0.2, 0) is 14.4 Å². The van der Waals surface area contributed by atoms with Crippen LogP contribution in [0.4, 0.5) is 0 Å². The first-order valence-electron chi connectivity index (χ1n) is 9.74. The van der Waals surface area contributed by atoms with E-state index in [0.29, 0.717) is 30.4 Å². The second-order valence-electron chi connectivity index (χ2n) is 7.15. The average molecular weight is 409 g/mol. The molecule has 0 bridgehead atoms. The molecular weight excluding hydrogens is 386 g/mol. The minimum atomic E-state index is -0.873. The second-order valence-corrected chi connectivity index (χ2v) is 7.15. The predicted octanol–water partition coefficient (Wildman–Crippen LogP) is 3.46. The highest BCUT2D eigenvalue weighted by Crippen LogP contribution is 2.39. The molecule has 156 valence electrons. The molecule has 2 aromatic carbocycles. The summed E-state index contributed by atoms with van der Waals surface area (Å²) in [6, 6.07) is 13.9. The summed E-state index contributed by atoms with van der Waals surface area (Å²) in [4.78, 5) is 37.7. The number of benzene rings is 2. The number of hydrogen-bond donors (Lipinski definition) is 3. The number of amides is 1. The smallest absolute Gasteiger partial charge is 0.303 e. The molecule has 0 aromatic heterocycles. The van der Waals surface area contributed by atoms with Gasteiger partial charge in [0.2, 0.25) is 0 Å². The third-order valence-corrected chi connectivity index (χ3v) is 5.09. The number of phenolic OH excluding ortho intramolecular Hbond substituents is 1. The van der Waals surface area contributed by atoms with E-state index in [4.69, 9.17) is 5.11 Å². The van der Waals surface area contributed by atoms with Gasteiger partial charge in [0.1, 0.15) is 11.5 Å². The number of aliphatic carboxylic acids is 1. The number of aliphatic hydroxyl groups is 1. The zero-order valence-electron chi connectivity index (χ0n) is 16.3.